The fraction of sp³-hybridized carbons (Fsp3) is 0.939. The molecule has 0 fully saturated rings. The molecular weight excluding hydrogens is 697 g/mol. The Labute approximate surface area is 348 Å². The highest BCUT2D eigenvalue weighted by Gasteiger charge is 2.15. The minimum absolute atomic E-state index is 0.0152. The average Bonchev–Trinajstić information content (AvgIpc) is 3.18. The number of nitrogens with zero attached hydrogens (tertiary/aromatic N) is 1. The van der Waals surface area contributed by atoms with Gasteiger partial charge in [0.25, 0.3) is 0 Å². The normalized spacial score (nSPS) is 11.6. The largest absolute Gasteiger partial charge is 0.466 e. The number of rotatable bonds is 44. The topological polar surface area (TPSA) is 84.9 Å². The molecule has 0 saturated carbocycles. The molecule has 7 heteroatoms. The molecule has 0 atom stereocenters. The Morgan fingerprint density at radius 3 is 1.34 bits per heavy atom. The predicted molar refractivity (Wildman–Crippen MR) is 239 cm³/mol. The van der Waals surface area contributed by atoms with Gasteiger partial charge in [0.2, 0.25) is 5.91 Å². The number of hydrogen-bond acceptors (Lipinski definition) is 6. The van der Waals surface area contributed by atoms with E-state index in [9.17, 15) is 14.4 Å². The van der Waals surface area contributed by atoms with Crippen molar-refractivity contribution in [1.82, 2.24) is 10.2 Å². The maximum Gasteiger partial charge on any atom is 0.306 e. The SMILES string of the molecule is CCCCCCCCCOC(=O)CCCCCCCN(CCCCCCCC(=O)OC(CCCCCCCC)CCCCCCCC)CCCNC(=O)C(C)C. The van der Waals surface area contributed by atoms with Gasteiger partial charge in [0, 0.05) is 25.3 Å². The molecular formula is C49H96N2O5. The van der Waals surface area contributed by atoms with E-state index in [2.05, 4.69) is 31.0 Å². The van der Waals surface area contributed by atoms with E-state index in [0.717, 1.165) is 96.8 Å². The van der Waals surface area contributed by atoms with E-state index >= 15 is 0 Å². The molecule has 332 valence electrons. The van der Waals surface area contributed by atoms with Crippen molar-refractivity contribution in [3.05, 3.63) is 0 Å². The highest BCUT2D eigenvalue weighted by atomic mass is 16.5. The van der Waals surface area contributed by atoms with E-state index in [-0.39, 0.29) is 29.9 Å². The van der Waals surface area contributed by atoms with Gasteiger partial charge in [-0.15, -0.1) is 0 Å². The first kappa shape index (κ1) is 54.4. The zero-order valence-electron chi connectivity index (χ0n) is 38.2. The number of ether oxygens (including phenoxy) is 2. The van der Waals surface area contributed by atoms with Gasteiger partial charge in [0.1, 0.15) is 6.10 Å². The Morgan fingerprint density at radius 2 is 0.857 bits per heavy atom. The zero-order chi connectivity index (χ0) is 41.2. The fourth-order valence-corrected chi connectivity index (χ4v) is 7.45. The van der Waals surface area contributed by atoms with Crippen LogP contribution in [0.5, 0.6) is 0 Å². The minimum atomic E-state index is -0.0297. The first-order valence-electron chi connectivity index (χ1n) is 24.7. The van der Waals surface area contributed by atoms with Crippen molar-refractivity contribution < 1.29 is 23.9 Å². The van der Waals surface area contributed by atoms with Crippen LogP contribution in [0.1, 0.15) is 253 Å². The van der Waals surface area contributed by atoms with Crippen LogP contribution in [0, 0.1) is 5.92 Å². The van der Waals surface area contributed by atoms with Gasteiger partial charge >= 0.3 is 11.9 Å². The second-order valence-corrected chi connectivity index (χ2v) is 17.2. The summed E-state index contributed by atoms with van der Waals surface area (Å²) >= 11 is 0. The summed E-state index contributed by atoms with van der Waals surface area (Å²) in [6.45, 7) is 15.1. The van der Waals surface area contributed by atoms with Crippen LogP contribution >= 0.6 is 0 Å². The van der Waals surface area contributed by atoms with Gasteiger partial charge in [-0.05, 0) is 83.8 Å². The summed E-state index contributed by atoms with van der Waals surface area (Å²) in [7, 11) is 0. The lowest BCUT2D eigenvalue weighted by Gasteiger charge is -2.22. The highest BCUT2D eigenvalue weighted by Crippen LogP contribution is 2.19. The lowest BCUT2D eigenvalue weighted by molar-refractivity contribution is -0.150. The van der Waals surface area contributed by atoms with Crippen LogP contribution < -0.4 is 5.32 Å². The van der Waals surface area contributed by atoms with Crippen LogP contribution in [0.4, 0.5) is 0 Å². The number of unbranched alkanes of at least 4 members (excludes halogenated alkanes) is 24. The Balaban J connectivity index is 4.35. The molecule has 0 aliphatic carbocycles. The van der Waals surface area contributed by atoms with Gasteiger partial charge < -0.3 is 19.7 Å². The quantitative estimate of drug-likeness (QED) is 0.0488. The van der Waals surface area contributed by atoms with Crippen molar-refractivity contribution in [3.63, 3.8) is 0 Å². The minimum Gasteiger partial charge on any atom is -0.466 e. The molecule has 0 radical (unpaired) electrons. The van der Waals surface area contributed by atoms with Gasteiger partial charge in [0.15, 0.2) is 0 Å². The van der Waals surface area contributed by atoms with Crippen LogP contribution in [0.25, 0.3) is 0 Å². The van der Waals surface area contributed by atoms with Gasteiger partial charge in [-0.2, -0.15) is 0 Å². The predicted octanol–water partition coefficient (Wildman–Crippen LogP) is 13.8. The van der Waals surface area contributed by atoms with Crippen molar-refractivity contribution in [2.24, 2.45) is 5.92 Å². The van der Waals surface area contributed by atoms with Crippen LogP contribution in [0.15, 0.2) is 0 Å². The lowest BCUT2D eigenvalue weighted by atomic mass is 10.0. The maximum atomic E-state index is 12.8. The third-order valence-corrected chi connectivity index (χ3v) is 11.3. The fourth-order valence-electron chi connectivity index (χ4n) is 7.45. The molecule has 0 spiro atoms. The summed E-state index contributed by atoms with van der Waals surface area (Å²) in [4.78, 5) is 39.5. The monoisotopic (exact) mass is 793 g/mol. The molecule has 1 N–H and O–H groups in total. The average molecular weight is 793 g/mol. The molecule has 0 aliphatic heterocycles. The van der Waals surface area contributed by atoms with E-state index < -0.39 is 0 Å². The molecule has 0 aromatic rings. The van der Waals surface area contributed by atoms with Crippen LogP contribution in [0.2, 0.25) is 0 Å². The smallest absolute Gasteiger partial charge is 0.306 e. The van der Waals surface area contributed by atoms with E-state index in [1.54, 1.807) is 0 Å². The van der Waals surface area contributed by atoms with Gasteiger partial charge in [-0.1, -0.05) is 176 Å². The number of amides is 1. The van der Waals surface area contributed by atoms with Gasteiger partial charge in [0.05, 0.1) is 6.61 Å². The number of hydrogen-bond donors (Lipinski definition) is 1. The third kappa shape index (κ3) is 39.2. The van der Waals surface area contributed by atoms with E-state index in [0.29, 0.717) is 19.4 Å². The van der Waals surface area contributed by atoms with Crippen molar-refractivity contribution in [2.75, 3.05) is 32.8 Å². The summed E-state index contributed by atoms with van der Waals surface area (Å²) in [5.41, 5.74) is 0. The zero-order valence-corrected chi connectivity index (χ0v) is 38.2. The van der Waals surface area contributed by atoms with Crippen LogP contribution in [-0.2, 0) is 23.9 Å². The summed E-state index contributed by atoms with van der Waals surface area (Å²) < 4.78 is 11.5. The highest BCUT2D eigenvalue weighted by molar-refractivity contribution is 5.77. The number of carbonyl (C=O) groups excluding carboxylic acids is 3. The number of esters is 2. The molecule has 0 bridgehead atoms. The molecule has 0 rings (SSSR count). The van der Waals surface area contributed by atoms with Crippen LogP contribution in [0.3, 0.4) is 0 Å². The Kier molecular flexibility index (Phi) is 41.7. The van der Waals surface area contributed by atoms with E-state index in [1.165, 1.54) is 135 Å². The number of nitrogens with one attached hydrogen (secondary N) is 1. The van der Waals surface area contributed by atoms with Gasteiger partial charge in [-0.25, -0.2) is 0 Å². The third-order valence-electron chi connectivity index (χ3n) is 11.3. The summed E-state index contributed by atoms with van der Waals surface area (Å²) in [5.74, 6) is 0.143. The molecule has 56 heavy (non-hydrogen) atoms. The first-order valence-corrected chi connectivity index (χ1v) is 24.7. The van der Waals surface area contributed by atoms with Crippen molar-refractivity contribution in [1.29, 1.82) is 0 Å². The molecule has 0 heterocycles. The Hall–Kier alpha value is -1.63. The summed E-state index contributed by atoms with van der Waals surface area (Å²) in [6.07, 6.45) is 39.3. The molecule has 0 aromatic carbocycles. The maximum absolute atomic E-state index is 12.8. The molecule has 0 aliphatic rings. The van der Waals surface area contributed by atoms with Crippen molar-refractivity contribution in [3.8, 4) is 0 Å². The van der Waals surface area contributed by atoms with Crippen molar-refractivity contribution in [2.45, 2.75) is 259 Å². The van der Waals surface area contributed by atoms with Crippen LogP contribution in [-0.4, -0.2) is 61.6 Å². The van der Waals surface area contributed by atoms with E-state index in [1.807, 2.05) is 13.8 Å². The van der Waals surface area contributed by atoms with E-state index in [4.69, 9.17) is 9.47 Å². The molecule has 1 amide bonds. The summed E-state index contributed by atoms with van der Waals surface area (Å²) in [6, 6.07) is 0. The second-order valence-electron chi connectivity index (χ2n) is 17.2. The first-order chi connectivity index (χ1) is 27.3. The molecule has 0 saturated heterocycles. The lowest BCUT2D eigenvalue weighted by Crippen LogP contribution is -2.33. The Bertz CT molecular complexity index is 849. The Morgan fingerprint density at radius 1 is 0.464 bits per heavy atom. The molecule has 0 unspecified atom stereocenters. The molecule has 7 nitrogen and oxygen atoms in total. The van der Waals surface area contributed by atoms with Crippen molar-refractivity contribution >= 4 is 17.8 Å². The second kappa shape index (κ2) is 43.0. The standard InChI is InChI=1S/C49H96N2O5/c1-6-9-12-15-18-27-34-44-55-47(52)38-30-23-19-25-32-41-51(43-35-40-50-49(54)45(4)5)42-33-26-20-24-31-39-48(53)56-46(36-28-21-16-13-10-7-2)37-29-22-17-14-11-8-3/h45-46H,6-44H2,1-5H3,(H,50,54). The summed E-state index contributed by atoms with van der Waals surface area (Å²) in [5, 5.41) is 3.07. The molecule has 0 aromatic heterocycles. The van der Waals surface area contributed by atoms with Gasteiger partial charge in [-0.3, -0.25) is 14.4 Å². The number of carbonyl (C=O) groups is 3.